The number of aliphatic hydroxyl groups is 1. The summed E-state index contributed by atoms with van der Waals surface area (Å²) in [5, 5.41) is 17.2. The van der Waals surface area contributed by atoms with Gasteiger partial charge in [-0.1, -0.05) is 28.1 Å². The molecule has 2 aromatic rings. The maximum absolute atomic E-state index is 9.92. The average molecular weight is 326 g/mol. The second-order valence-corrected chi connectivity index (χ2v) is 5.92. The molecule has 18 heavy (non-hydrogen) atoms. The summed E-state index contributed by atoms with van der Waals surface area (Å²) < 4.78 is 1.13. The second kappa shape index (κ2) is 6.48. The molecular formula is C14H16BrNOS. The van der Waals surface area contributed by atoms with E-state index in [0.29, 0.717) is 6.54 Å². The van der Waals surface area contributed by atoms with Gasteiger partial charge in [-0.2, -0.15) is 11.3 Å². The van der Waals surface area contributed by atoms with Gasteiger partial charge in [0.05, 0.1) is 6.10 Å². The zero-order valence-electron chi connectivity index (χ0n) is 10.2. The minimum Gasteiger partial charge on any atom is -0.387 e. The molecule has 0 saturated heterocycles. The third kappa shape index (κ3) is 3.65. The molecule has 1 atom stereocenters. The number of hydrogen-bond donors (Lipinski definition) is 2. The fourth-order valence-electron chi connectivity index (χ4n) is 1.68. The average Bonchev–Trinajstić information content (AvgIpc) is 2.87. The lowest BCUT2D eigenvalue weighted by Crippen LogP contribution is -2.20. The second-order valence-electron chi connectivity index (χ2n) is 4.29. The van der Waals surface area contributed by atoms with Crippen LogP contribution in [0.25, 0.3) is 0 Å². The van der Waals surface area contributed by atoms with Crippen molar-refractivity contribution in [1.82, 2.24) is 5.32 Å². The van der Waals surface area contributed by atoms with Crippen molar-refractivity contribution in [2.24, 2.45) is 0 Å². The van der Waals surface area contributed by atoms with Crippen LogP contribution in [-0.4, -0.2) is 11.7 Å². The number of hydrogen-bond acceptors (Lipinski definition) is 3. The van der Waals surface area contributed by atoms with Gasteiger partial charge < -0.3 is 10.4 Å². The van der Waals surface area contributed by atoms with Gasteiger partial charge in [-0.25, -0.2) is 0 Å². The predicted octanol–water partition coefficient (Wildman–Crippen LogP) is 3.64. The van der Waals surface area contributed by atoms with E-state index in [0.717, 1.165) is 16.6 Å². The van der Waals surface area contributed by atoms with Crippen molar-refractivity contribution in [2.75, 3.05) is 6.54 Å². The lowest BCUT2D eigenvalue weighted by molar-refractivity contribution is 0.175. The van der Waals surface area contributed by atoms with Gasteiger partial charge in [0, 0.05) is 17.6 Å². The van der Waals surface area contributed by atoms with E-state index >= 15 is 0 Å². The van der Waals surface area contributed by atoms with Gasteiger partial charge in [-0.05, 0) is 46.5 Å². The summed E-state index contributed by atoms with van der Waals surface area (Å²) >= 11 is 5.13. The first-order chi connectivity index (χ1) is 8.66. The summed E-state index contributed by atoms with van der Waals surface area (Å²) in [5.74, 6) is 0. The largest absolute Gasteiger partial charge is 0.387 e. The van der Waals surface area contributed by atoms with Crippen LogP contribution in [0.1, 0.15) is 22.8 Å². The Bertz CT molecular complexity index is 499. The van der Waals surface area contributed by atoms with Gasteiger partial charge in [-0.15, -0.1) is 0 Å². The monoisotopic (exact) mass is 325 g/mol. The van der Waals surface area contributed by atoms with Crippen molar-refractivity contribution < 1.29 is 5.11 Å². The molecule has 0 amide bonds. The molecule has 96 valence electrons. The third-order valence-corrected chi connectivity index (χ3v) is 4.39. The molecule has 0 aliphatic heterocycles. The number of aliphatic hydroxyl groups excluding tert-OH is 1. The van der Waals surface area contributed by atoms with Crippen LogP contribution in [-0.2, 0) is 6.54 Å². The Morgan fingerprint density at radius 2 is 2.22 bits per heavy atom. The van der Waals surface area contributed by atoms with Crippen molar-refractivity contribution in [3.05, 3.63) is 56.2 Å². The molecule has 0 radical (unpaired) electrons. The van der Waals surface area contributed by atoms with Crippen LogP contribution in [0.3, 0.4) is 0 Å². The highest BCUT2D eigenvalue weighted by Gasteiger charge is 2.07. The number of halogens is 1. The highest BCUT2D eigenvalue weighted by Crippen LogP contribution is 2.18. The van der Waals surface area contributed by atoms with Crippen LogP contribution in [0, 0.1) is 6.92 Å². The van der Waals surface area contributed by atoms with E-state index in [-0.39, 0.29) is 0 Å². The zero-order valence-corrected chi connectivity index (χ0v) is 12.6. The summed E-state index contributed by atoms with van der Waals surface area (Å²) in [4.78, 5) is 0. The van der Waals surface area contributed by atoms with Gasteiger partial charge in [0.25, 0.3) is 0 Å². The molecule has 1 aromatic heterocycles. The lowest BCUT2D eigenvalue weighted by Gasteiger charge is -2.11. The number of nitrogens with one attached hydrogen (secondary N) is 1. The highest BCUT2D eigenvalue weighted by atomic mass is 79.9. The zero-order chi connectivity index (χ0) is 13.0. The number of benzene rings is 1. The van der Waals surface area contributed by atoms with Crippen molar-refractivity contribution >= 4 is 27.3 Å². The molecule has 0 saturated carbocycles. The maximum Gasteiger partial charge on any atom is 0.0922 e. The van der Waals surface area contributed by atoms with Gasteiger partial charge in [-0.3, -0.25) is 0 Å². The number of aryl methyl sites for hydroxylation is 1. The first kappa shape index (κ1) is 13.7. The van der Waals surface area contributed by atoms with Crippen molar-refractivity contribution in [3.63, 3.8) is 0 Å². The van der Waals surface area contributed by atoms with Crippen LogP contribution in [0.4, 0.5) is 0 Å². The Balaban J connectivity index is 1.83. The van der Waals surface area contributed by atoms with Crippen LogP contribution < -0.4 is 5.32 Å². The summed E-state index contributed by atoms with van der Waals surface area (Å²) in [5.41, 5.74) is 3.43. The molecule has 0 aliphatic rings. The lowest BCUT2D eigenvalue weighted by atomic mass is 10.1. The molecule has 0 fully saturated rings. The molecule has 2 rings (SSSR count). The van der Waals surface area contributed by atoms with E-state index in [1.54, 1.807) is 11.3 Å². The molecule has 2 N–H and O–H groups in total. The molecule has 1 unspecified atom stereocenters. The predicted molar refractivity (Wildman–Crippen MR) is 79.9 cm³/mol. The Morgan fingerprint density at radius 1 is 1.39 bits per heavy atom. The van der Waals surface area contributed by atoms with Gasteiger partial charge in [0.2, 0.25) is 0 Å². The quantitative estimate of drug-likeness (QED) is 0.879. The number of rotatable bonds is 5. The summed E-state index contributed by atoms with van der Waals surface area (Å²) in [6.45, 7) is 3.41. The van der Waals surface area contributed by atoms with Crippen LogP contribution in [0.2, 0.25) is 0 Å². The Labute approximate surface area is 120 Å². The SMILES string of the molecule is Cc1ccc(CNCC(O)c2ccsc2)cc1Br. The minimum absolute atomic E-state index is 0.426. The Kier molecular flexibility index (Phi) is 4.95. The van der Waals surface area contributed by atoms with Crippen LogP contribution in [0.15, 0.2) is 39.5 Å². The van der Waals surface area contributed by atoms with E-state index in [1.165, 1.54) is 11.1 Å². The molecular weight excluding hydrogens is 310 g/mol. The summed E-state index contributed by atoms with van der Waals surface area (Å²) in [7, 11) is 0. The topological polar surface area (TPSA) is 32.3 Å². The van der Waals surface area contributed by atoms with Gasteiger partial charge >= 0.3 is 0 Å². The van der Waals surface area contributed by atoms with E-state index in [2.05, 4.69) is 46.4 Å². The molecule has 2 nitrogen and oxygen atoms in total. The molecule has 0 spiro atoms. The standard InChI is InChI=1S/C14H16BrNOS/c1-10-2-3-11(6-13(10)15)7-16-8-14(17)12-4-5-18-9-12/h2-6,9,14,16-17H,7-8H2,1H3. The van der Waals surface area contributed by atoms with Crippen molar-refractivity contribution in [1.29, 1.82) is 0 Å². The third-order valence-electron chi connectivity index (χ3n) is 2.83. The molecule has 0 aliphatic carbocycles. The Hall–Kier alpha value is -0.680. The first-order valence-corrected chi connectivity index (χ1v) is 7.56. The minimum atomic E-state index is -0.426. The van der Waals surface area contributed by atoms with Crippen molar-refractivity contribution in [2.45, 2.75) is 19.6 Å². The highest BCUT2D eigenvalue weighted by molar-refractivity contribution is 9.10. The van der Waals surface area contributed by atoms with E-state index < -0.39 is 6.10 Å². The van der Waals surface area contributed by atoms with Crippen LogP contribution in [0.5, 0.6) is 0 Å². The van der Waals surface area contributed by atoms with E-state index in [9.17, 15) is 5.11 Å². The van der Waals surface area contributed by atoms with E-state index in [1.807, 2.05) is 16.8 Å². The van der Waals surface area contributed by atoms with E-state index in [4.69, 9.17) is 0 Å². The van der Waals surface area contributed by atoms with Gasteiger partial charge in [0.1, 0.15) is 0 Å². The first-order valence-electron chi connectivity index (χ1n) is 5.82. The number of thiophene rings is 1. The fraction of sp³-hybridized carbons (Fsp3) is 0.286. The fourth-order valence-corrected chi connectivity index (χ4v) is 2.82. The molecule has 4 heteroatoms. The van der Waals surface area contributed by atoms with Crippen molar-refractivity contribution in [3.8, 4) is 0 Å². The summed E-state index contributed by atoms with van der Waals surface area (Å²) in [6, 6.07) is 8.26. The molecule has 1 heterocycles. The van der Waals surface area contributed by atoms with Crippen LogP contribution >= 0.6 is 27.3 Å². The maximum atomic E-state index is 9.92. The smallest absolute Gasteiger partial charge is 0.0922 e. The molecule has 0 bridgehead atoms. The Morgan fingerprint density at radius 3 is 2.89 bits per heavy atom. The van der Waals surface area contributed by atoms with Gasteiger partial charge in [0.15, 0.2) is 0 Å². The molecule has 1 aromatic carbocycles. The normalized spacial score (nSPS) is 12.6. The summed E-state index contributed by atoms with van der Waals surface area (Å²) in [6.07, 6.45) is -0.426.